The highest BCUT2D eigenvalue weighted by atomic mass is 16.2. The van der Waals surface area contributed by atoms with Crippen LogP contribution in [0.4, 0.5) is 0 Å². The van der Waals surface area contributed by atoms with Gasteiger partial charge in [0, 0.05) is 38.3 Å². The van der Waals surface area contributed by atoms with Crippen molar-refractivity contribution >= 4 is 5.91 Å². The van der Waals surface area contributed by atoms with Gasteiger partial charge >= 0.3 is 0 Å². The Kier molecular flexibility index (Phi) is 5.28. The molecule has 0 radical (unpaired) electrons. The second-order valence-corrected chi connectivity index (χ2v) is 7.62. The molecule has 1 aliphatic heterocycles. The summed E-state index contributed by atoms with van der Waals surface area (Å²) < 4.78 is 0. The topological polar surface area (TPSA) is 93.8 Å². The molecule has 5 rings (SSSR count). The standard InChI is InChI=1S/C23H23N7O/c31-23(22-24-16-26-28-22)30-12-10-29(11-13-30)15-20-14-25-27-21(20)19-8-6-18(7-9-19)17-4-2-1-3-5-17/h1-9,14,16H,10-13,15H2,(H,25,27)(H,24,26,28). The van der Waals surface area contributed by atoms with Crippen LogP contribution in [-0.2, 0) is 6.54 Å². The van der Waals surface area contributed by atoms with E-state index in [1.54, 1.807) is 0 Å². The minimum Gasteiger partial charge on any atom is -0.333 e. The summed E-state index contributed by atoms with van der Waals surface area (Å²) in [6.07, 6.45) is 3.25. The van der Waals surface area contributed by atoms with Crippen LogP contribution in [0.15, 0.2) is 67.1 Å². The predicted octanol–water partition coefficient (Wildman–Crippen LogP) is 2.82. The number of piperazine rings is 1. The third kappa shape index (κ3) is 4.10. The lowest BCUT2D eigenvalue weighted by molar-refractivity contribution is 0.0617. The number of aromatic nitrogens is 5. The van der Waals surface area contributed by atoms with Gasteiger partial charge in [0.2, 0.25) is 5.82 Å². The molecule has 8 nitrogen and oxygen atoms in total. The van der Waals surface area contributed by atoms with E-state index < -0.39 is 0 Å². The first-order valence-corrected chi connectivity index (χ1v) is 10.3. The lowest BCUT2D eigenvalue weighted by Crippen LogP contribution is -2.48. The molecule has 31 heavy (non-hydrogen) atoms. The number of aromatic amines is 2. The number of nitrogens with zero attached hydrogens (tertiary/aromatic N) is 5. The smallest absolute Gasteiger partial charge is 0.291 e. The maximum absolute atomic E-state index is 12.4. The number of rotatable bonds is 5. The molecule has 0 saturated carbocycles. The van der Waals surface area contributed by atoms with Crippen LogP contribution in [0.3, 0.4) is 0 Å². The lowest BCUT2D eigenvalue weighted by atomic mass is 10.0. The average Bonchev–Trinajstić information content (AvgIpc) is 3.53. The van der Waals surface area contributed by atoms with E-state index in [1.807, 2.05) is 17.2 Å². The Morgan fingerprint density at radius 2 is 1.55 bits per heavy atom. The van der Waals surface area contributed by atoms with E-state index in [4.69, 9.17) is 0 Å². The molecule has 1 fully saturated rings. The van der Waals surface area contributed by atoms with E-state index in [9.17, 15) is 4.79 Å². The van der Waals surface area contributed by atoms with Crippen molar-refractivity contribution in [2.24, 2.45) is 0 Å². The average molecular weight is 413 g/mol. The van der Waals surface area contributed by atoms with Crippen LogP contribution in [0.5, 0.6) is 0 Å². The second kappa shape index (κ2) is 8.53. The van der Waals surface area contributed by atoms with Crippen LogP contribution < -0.4 is 0 Å². The van der Waals surface area contributed by atoms with E-state index in [-0.39, 0.29) is 5.91 Å². The van der Waals surface area contributed by atoms with Gasteiger partial charge in [-0.15, -0.1) is 0 Å². The molecule has 2 aromatic carbocycles. The van der Waals surface area contributed by atoms with Crippen LogP contribution in [0.2, 0.25) is 0 Å². The van der Waals surface area contributed by atoms with Crippen LogP contribution >= 0.6 is 0 Å². The van der Waals surface area contributed by atoms with Gasteiger partial charge < -0.3 is 4.90 Å². The Bertz CT molecular complexity index is 1130. The van der Waals surface area contributed by atoms with Gasteiger partial charge in [0.25, 0.3) is 5.91 Å². The van der Waals surface area contributed by atoms with Gasteiger partial charge in [0.15, 0.2) is 0 Å². The van der Waals surface area contributed by atoms with Crippen molar-refractivity contribution in [3.8, 4) is 22.4 Å². The van der Waals surface area contributed by atoms with E-state index in [2.05, 4.69) is 78.8 Å². The molecule has 156 valence electrons. The zero-order valence-corrected chi connectivity index (χ0v) is 17.0. The number of nitrogens with one attached hydrogen (secondary N) is 2. The predicted molar refractivity (Wildman–Crippen MR) is 117 cm³/mol. The quantitative estimate of drug-likeness (QED) is 0.525. The first kappa shape index (κ1) is 19.2. The summed E-state index contributed by atoms with van der Waals surface area (Å²) in [6.45, 7) is 3.72. The Hall–Kier alpha value is -3.78. The molecule has 2 aromatic heterocycles. The Balaban J connectivity index is 1.24. The van der Waals surface area contributed by atoms with Crippen molar-refractivity contribution in [1.29, 1.82) is 0 Å². The summed E-state index contributed by atoms with van der Waals surface area (Å²) in [7, 11) is 0. The summed E-state index contributed by atoms with van der Waals surface area (Å²) in [4.78, 5) is 20.5. The van der Waals surface area contributed by atoms with Crippen LogP contribution in [0.1, 0.15) is 16.2 Å². The fourth-order valence-corrected chi connectivity index (χ4v) is 3.95. The van der Waals surface area contributed by atoms with Crippen LogP contribution in [0.25, 0.3) is 22.4 Å². The van der Waals surface area contributed by atoms with Crippen molar-refractivity contribution in [3.05, 3.63) is 78.5 Å². The molecule has 2 N–H and O–H groups in total. The van der Waals surface area contributed by atoms with Gasteiger partial charge in [-0.2, -0.15) is 10.2 Å². The number of amides is 1. The zero-order valence-electron chi connectivity index (χ0n) is 17.0. The van der Waals surface area contributed by atoms with Gasteiger partial charge in [-0.05, 0) is 16.7 Å². The summed E-state index contributed by atoms with van der Waals surface area (Å²) in [5, 5.41) is 13.8. The number of hydrogen-bond acceptors (Lipinski definition) is 5. The van der Waals surface area contributed by atoms with E-state index in [0.717, 1.165) is 36.5 Å². The van der Waals surface area contributed by atoms with Crippen molar-refractivity contribution in [2.75, 3.05) is 26.2 Å². The van der Waals surface area contributed by atoms with Crippen molar-refractivity contribution in [1.82, 2.24) is 35.2 Å². The maximum Gasteiger partial charge on any atom is 0.291 e. The van der Waals surface area contributed by atoms with Crippen LogP contribution in [-0.4, -0.2) is 67.3 Å². The number of benzene rings is 2. The SMILES string of the molecule is O=C(c1ncn[nH]1)N1CCN(Cc2cn[nH]c2-c2ccc(-c3ccccc3)cc2)CC1. The fourth-order valence-electron chi connectivity index (χ4n) is 3.95. The van der Waals surface area contributed by atoms with Gasteiger partial charge in [0.1, 0.15) is 6.33 Å². The number of H-pyrrole nitrogens is 2. The fraction of sp³-hybridized carbons (Fsp3) is 0.217. The van der Waals surface area contributed by atoms with E-state index in [0.29, 0.717) is 18.9 Å². The van der Waals surface area contributed by atoms with Gasteiger partial charge in [-0.1, -0.05) is 54.6 Å². The summed E-state index contributed by atoms with van der Waals surface area (Å²) in [5.41, 5.74) is 5.71. The minimum atomic E-state index is -0.0975. The van der Waals surface area contributed by atoms with Gasteiger partial charge in [0.05, 0.1) is 11.9 Å². The lowest BCUT2D eigenvalue weighted by Gasteiger charge is -2.34. The zero-order chi connectivity index (χ0) is 21.0. The highest BCUT2D eigenvalue weighted by Gasteiger charge is 2.24. The summed E-state index contributed by atoms with van der Waals surface area (Å²) in [5.74, 6) is 0.198. The number of hydrogen-bond donors (Lipinski definition) is 2. The Labute approximate surface area is 179 Å². The first-order chi connectivity index (χ1) is 15.3. The molecule has 8 heteroatoms. The molecule has 0 bridgehead atoms. The largest absolute Gasteiger partial charge is 0.333 e. The second-order valence-electron chi connectivity index (χ2n) is 7.62. The number of carbonyl (C=O) groups excluding carboxylic acids is 1. The molecular weight excluding hydrogens is 390 g/mol. The van der Waals surface area contributed by atoms with Gasteiger partial charge in [-0.3, -0.25) is 19.9 Å². The normalized spacial score (nSPS) is 14.6. The molecule has 3 heterocycles. The third-order valence-corrected chi connectivity index (χ3v) is 5.67. The summed E-state index contributed by atoms with van der Waals surface area (Å²) >= 11 is 0. The molecule has 0 aliphatic carbocycles. The molecule has 4 aromatic rings. The van der Waals surface area contributed by atoms with E-state index >= 15 is 0 Å². The van der Waals surface area contributed by atoms with Crippen molar-refractivity contribution in [3.63, 3.8) is 0 Å². The molecule has 1 aliphatic rings. The molecule has 0 unspecified atom stereocenters. The first-order valence-electron chi connectivity index (χ1n) is 10.3. The highest BCUT2D eigenvalue weighted by Crippen LogP contribution is 2.26. The Morgan fingerprint density at radius 1 is 0.839 bits per heavy atom. The van der Waals surface area contributed by atoms with Crippen molar-refractivity contribution < 1.29 is 4.79 Å². The maximum atomic E-state index is 12.4. The highest BCUT2D eigenvalue weighted by molar-refractivity contribution is 5.90. The van der Waals surface area contributed by atoms with Gasteiger partial charge in [-0.25, -0.2) is 4.98 Å². The monoisotopic (exact) mass is 413 g/mol. The minimum absolute atomic E-state index is 0.0975. The third-order valence-electron chi connectivity index (χ3n) is 5.67. The number of carbonyl (C=O) groups is 1. The molecule has 0 spiro atoms. The van der Waals surface area contributed by atoms with Crippen molar-refractivity contribution in [2.45, 2.75) is 6.54 Å². The van der Waals surface area contributed by atoms with E-state index in [1.165, 1.54) is 17.5 Å². The summed E-state index contributed by atoms with van der Waals surface area (Å²) in [6, 6.07) is 18.9. The molecular formula is C23H23N7O. The molecule has 1 saturated heterocycles. The molecule has 1 amide bonds. The Morgan fingerprint density at radius 3 is 2.26 bits per heavy atom. The van der Waals surface area contributed by atoms with Crippen LogP contribution in [0, 0.1) is 0 Å². The molecule has 0 atom stereocenters.